The summed E-state index contributed by atoms with van der Waals surface area (Å²) >= 11 is 0. The van der Waals surface area contributed by atoms with Gasteiger partial charge >= 0.3 is 0 Å². The van der Waals surface area contributed by atoms with Crippen LogP contribution in [0.2, 0.25) is 0 Å². The van der Waals surface area contributed by atoms with Gasteiger partial charge in [0.05, 0.1) is 6.67 Å². The van der Waals surface area contributed by atoms with E-state index in [1.54, 1.807) is 6.92 Å². The number of rotatable bonds is 10. The number of ether oxygens (including phenoxy) is 2. The predicted octanol–water partition coefficient (Wildman–Crippen LogP) is 7.45. The Hall–Kier alpha value is -3.70. The van der Waals surface area contributed by atoms with Crippen LogP contribution in [0, 0.1) is 5.92 Å². The molecule has 0 radical (unpaired) electrons. The average Bonchev–Trinajstić information content (AvgIpc) is 2.89. The lowest BCUT2D eigenvalue weighted by atomic mass is 9.80. The molecule has 6 rings (SSSR count). The van der Waals surface area contributed by atoms with Crippen molar-refractivity contribution in [3.63, 3.8) is 0 Å². The van der Waals surface area contributed by atoms with Crippen LogP contribution in [0.1, 0.15) is 55.9 Å². The van der Waals surface area contributed by atoms with Crippen molar-refractivity contribution < 1.29 is 18.7 Å². The van der Waals surface area contributed by atoms with E-state index in [2.05, 4.69) is 72.5 Å². The first-order valence-corrected chi connectivity index (χ1v) is 14.3. The first-order chi connectivity index (χ1) is 19.5. The maximum Gasteiger partial charge on any atom is 0.149 e. The van der Waals surface area contributed by atoms with Gasteiger partial charge < -0.3 is 9.47 Å². The minimum Gasteiger partial charge on any atom is -0.492 e. The number of allylic oxidation sites excluding steroid dienone is 8. The molecule has 206 valence electrons. The zero-order chi connectivity index (χ0) is 27.6. The number of Topliss-reactive ketones (excluding diaryl/α,β-unsaturated/α-hetero) is 1. The van der Waals surface area contributed by atoms with Crippen molar-refractivity contribution in [1.29, 1.82) is 0 Å². The predicted molar refractivity (Wildman–Crippen MR) is 158 cm³/mol. The molecular formula is C35H36FNO3. The molecule has 0 aromatic heterocycles. The molecule has 2 aliphatic carbocycles. The van der Waals surface area contributed by atoms with Crippen molar-refractivity contribution >= 4 is 16.9 Å². The number of fused-ring (bicyclic) bond motifs is 1. The summed E-state index contributed by atoms with van der Waals surface area (Å²) in [6, 6.07) is 14.7. The van der Waals surface area contributed by atoms with E-state index in [0.29, 0.717) is 13.0 Å². The molecule has 1 fully saturated rings. The number of benzene rings is 2. The summed E-state index contributed by atoms with van der Waals surface area (Å²) in [7, 11) is 0. The Morgan fingerprint density at radius 1 is 1.12 bits per heavy atom. The minimum absolute atomic E-state index is 0.192. The molecule has 2 aromatic rings. The second-order valence-electron chi connectivity index (χ2n) is 11.3. The number of likely N-dealkylation sites (tertiary alicyclic amines) is 1. The maximum atomic E-state index is 12.7. The van der Waals surface area contributed by atoms with Crippen LogP contribution in [-0.2, 0) is 4.79 Å². The van der Waals surface area contributed by atoms with Crippen LogP contribution in [0.25, 0.3) is 11.1 Å². The molecule has 2 aromatic carbocycles. The van der Waals surface area contributed by atoms with E-state index in [1.807, 2.05) is 12.1 Å². The highest BCUT2D eigenvalue weighted by molar-refractivity contribution is 5.86. The molecular weight excluding hydrogens is 501 g/mol. The van der Waals surface area contributed by atoms with Gasteiger partial charge in [0.25, 0.3) is 0 Å². The maximum absolute atomic E-state index is 12.7. The standard InChI is InChI=1S/C35H36FNO3/c1-23(38)17-25-5-3-8-30(18-25)34-24(2)32-19-29(27-6-4-7-27)11-14-33(32)40-35(34)28-9-12-31(13-10-28)39-16-15-37-21-26(20-36)22-37/h4-14,19,26,35H,3,15-18,20-22H2,1-2H3. The number of ketones is 1. The van der Waals surface area contributed by atoms with E-state index in [4.69, 9.17) is 9.47 Å². The van der Waals surface area contributed by atoms with E-state index in [0.717, 1.165) is 55.1 Å². The summed E-state index contributed by atoms with van der Waals surface area (Å²) in [5, 5.41) is 0. The van der Waals surface area contributed by atoms with E-state index >= 15 is 0 Å². The van der Waals surface area contributed by atoms with E-state index in [-0.39, 0.29) is 24.5 Å². The highest BCUT2D eigenvalue weighted by atomic mass is 19.1. The average molecular weight is 538 g/mol. The van der Waals surface area contributed by atoms with Gasteiger partial charge in [0, 0.05) is 43.1 Å². The van der Waals surface area contributed by atoms with Gasteiger partial charge in [0.2, 0.25) is 0 Å². The van der Waals surface area contributed by atoms with Crippen molar-refractivity contribution in [3.8, 4) is 11.5 Å². The third kappa shape index (κ3) is 5.48. The SMILES string of the molecule is CC(=O)CC1=CCC=C(C2=C(C)c3cc(C4=CC=C4)ccc3OC2c2ccc(OCCN3CC(CF)C3)cc2)C1. The van der Waals surface area contributed by atoms with E-state index in [1.165, 1.54) is 33.4 Å². The number of nitrogens with zero attached hydrogens (tertiary/aromatic N) is 1. The lowest BCUT2D eigenvalue weighted by molar-refractivity contribution is -0.116. The highest BCUT2D eigenvalue weighted by Gasteiger charge is 2.32. The Morgan fingerprint density at radius 3 is 2.62 bits per heavy atom. The number of alkyl halides is 1. The lowest BCUT2D eigenvalue weighted by Crippen LogP contribution is -2.49. The Balaban J connectivity index is 1.25. The van der Waals surface area contributed by atoms with Gasteiger partial charge in [-0.1, -0.05) is 54.2 Å². The third-order valence-corrected chi connectivity index (χ3v) is 8.30. The number of halogens is 1. The van der Waals surface area contributed by atoms with Crippen LogP contribution < -0.4 is 9.47 Å². The fourth-order valence-electron chi connectivity index (χ4n) is 6.07. The highest BCUT2D eigenvalue weighted by Crippen LogP contribution is 2.48. The molecule has 2 heterocycles. The van der Waals surface area contributed by atoms with Gasteiger partial charge in [-0.25, -0.2) is 0 Å². The number of hydrogen-bond donors (Lipinski definition) is 0. The summed E-state index contributed by atoms with van der Waals surface area (Å²) in [5.74, 6) is 2.09. The Kier molecular flexibility index (Phi) is 7.57. The molecule has 0 saturated carbocycles. The summed E-state index contributed by atoms with van der Waals surface area (Å²) in [6.07, 6.45) is 12.6. The fourth-order valence-corrected chi connectivity index (χ4v) is 6.07. The quantitative estimate of drug-likeness (QED) is 0.295. The van der Waals surface area contributed by atoms with Crippen molar-refractivity contribution in [2.24, 2.45) is 5.92 Å². The van der Waals surface area contributed by atoms with Crippen LogP contribution in [0.15, 0.2) is 89.6 Å². The second-order valence-corrected chi connectivity index (χ2v) is 11.3. The van der Waals surface area contributed by atoms with Crippen molar-refractivity contribution in [3.05, 3.63) is 106 Å². The third-order valence-electron chi connectivity index (χ3n) is 8.30. The van der Waals surface area contributed by atoms with Gasteiger partial charge in [0.15, 0.2) is 0 Å². The largest absolute Gasteiger partial charge is 0.492 e. The smallest absolute Gasteiger partial charge is 0.149 e. The van der Waals surface area contributed by atoms with Gasteiger partial charge in [-0.2, -0.15) is 0 Å². The molecule has 2 aliphatic heterocycles. The molecule has 0 N–H and O–H groups in total. The zero-order valence-electron chi connectivity index (χ0n) is 23.3. The minimum atomic E-state index is -0.253. The van der Waals surface area contributed by atoms with Gasteiger partial charge in [-0.15, -0.1) is 0 Å². The zero-order valence-corrected chi connectivity index (χ0v) is 23.3. The number of carbonyl (C=O) groups is 1. The van der Waals surface area contributed by atoms with E-state index < -0.39 is 0 Å². The fraction of sp³-hybridized carbons (Fsp3) is 0.343. The summed E-state index contributed by atoms with van der Waals surface area (Å²) in [6.45, 7) is 6.66. The molecule has 1 unspecified atom stereocenters. The van der Waals surface area contributed by atoms with Crippen LogP contribution in [0.4, 0.5) is 4.39 Å². The molecule has 1 saturated heterocycles. The molecule has 5 heteroatoms. The Labute approximate surface area is 236 Å². The number of hydrogen-bond acceptors (Lipinski definition) is 4. The molecule has 40 heavy (non-hydrogen) atoms. The van der Waals surface area contributed by atoms with Crippen LogP contribution in [0.5, 0.6) is 11.5 Å². The first-order valence-electron chi connectivity index (χ1n) is 14.3. The van der Waals surface area contributed by atoms with Crippen LogP contribution >= 0.6 is 0 Å². The van der Waals surface area contributed by atoms with Gasteiger partial charge in [-0.05, 0) is 78.8 Å². The molecule has 0 spiro atoms. The van der Waals surface area contributed by atoms with Gasteiger partial charge in [-0.3, -0.25) is 14.1 Å². The van der Waals surface area contributed by atoms with Crippen molar-refractivity contribution in [1.82, 2.24) is 4.90 Å². The normalized spacial score (nSPS) is 20.5. The molecule has 4 aliphatic rings. The number of carbonyl (C=O) groups excluding carboxylic acids is 1. The van der Waals surface area contributed by atoms with Crippen molar-refractivity contribution in [2.75, 3.05) is 32.9 Å². The monoisotopic (exact) mass is 537 g/mol. The molecule has 0 bridgehead atoms. The molecule has 1 atom stereocenters. The molecule has 4 nitrogen and oxygen atoms in total. The van der Waals surface area contributed by atoms with E-state index in [9.17, 15) is 9.18 Å². The second kappa shape index (κ2) is 11.4. The summed E-state index contributed by atoms with van der Waals surface area (Å²) in [4.78, 5) is 14.1. The Bertz CT molecular complexity index is 1450. The lowest BCUT2D eigenvalue weighted by Gasteiger charge is -2.37. The topological polar surface area (TPSA) is 38.8 Å². The van der Waals surface area contributed by atoms with Gasteiger partial charge in [0.1, 0.15) is 30.0 Å². The summed E-state index contributed by atoms with van der Waals surface area (Å²) in [5.41, 5.74) is 9.43. The Morgan fingerprint density at radius 2 is 1.93 bits per heavy atom. The van der Waals surface area contributed by atoms with Crippen LogP contribution in [-0.4, -0.2) is 43.6 Å². The van der Waals surface area contributed by atoms with Crippen molar-refractivity contribution in [2.45, 2.75) is 39.2 Å². The summed E-state index contributed by atoms with van der Waals surface area (Å²) < 4.78 is 25.4. The molecule has 0 amide bonds. The first kappa shape index (κ1) is 26.5. The van der Waals surface area contributed by atoms with Crippen LogP contribution in [0.3, 0.4) is 0 Å².